The maximum atomic E-state index is 8.79. The molecule has 1 heterocycles. The first kappa shape index (κ1) is 11.2. The fourth-order valence-corrected chi connectivity index (χ4v) is 1.23. The first-order valence-corrected chi connectivity index (χ1v) is 4.61. The van der Waals surface area contributed by atoms with Crippen molar-refractivity contribution in [3.63, 3.8) is 0 Å². The van der Waals surface area contributed by atoms with Gasteiger partial charge in [0.15, 0.2) is 0 Å². The van der Waals surface area contributed by atoms with Crippen LogP contribution in [0.5, 0.6) is 0 Å². The van der Waals surface area contributed by atoms with Crippen LogP contribution in [-0.4, -0.2) is 46.5 Å². The molecule has 1 aromatic heterocycles. The highest BCUT2D eigenvalue weighted by atomic mass is 35.5. The van der Waals surface area contributed by atoms with E-state index in [2.05, 4.69) is 9.97 Å². The molecule has 0 atom stereocenters. The summed E-state index contributed by atoms with van der Waals surface area (Å²) >= 11 is 5.62. The Labute approximate surface area is 87.0 Å². The van der Waals surface area contributed by atoms with Gasteiger partial charge in [-0.15, -0.1) is 0 Å². The van der Waals surface area contributed by atoms with Crippen LogP contribution in [0.1, 0.15) is 0 Å². The highest BCUT2D eigenvalue weighted by Crippen LogP contribution is 2.11. The van der Waals surface area contributed by atoms with Crippen LogP contribution in [0.4, 0.5) is 5.82 Å². The van der Waals surface area contributed by atoms with Crippen LogP contribution in [-0.2, 0) is 0 Å². The molecule has 0 aliphatic rings. The van der Waals surface area contributed by atoms with Crippen LogP contribution in [0.15, 0.2) is 12.3 Å². The van der Waals surface area contributed by atoms with E-state index in [-0.39, 0.29) is 18.5 Å². The van der Waals surface area contributed by atoms with Gasteiger partial charge in [-0.2, -0.15) is 0 Å². The van der Waals surface area contributed by atoms with Gasteiger partial charge in [0.2, 0.25) is 5.28 Å². The van der Waals surface area contributed by atoms with Gasteiger partial charge in [0.25, 0.3) is 0 Å². The van der Waals surface area contributed by atoms with E-state index in [4.69, 9.17) is 21.8 Å². The SMILES string of the molecule is OCCN(CCO)c1ccnc(Cl)n1. The van der Waals surface area contributed by atoms with E-state index in [1.807, 2.05) is 0 Å². The van der Waals surface area contributed by atoms with Gasteiger partial charge in [0, 0.05) is 19.3 Å². The lowest BCUT2D eigenvalue weighted by atomic mass is 10.4. The van der Waals surface area contributed by atoms with Gasteiger partial charge < -0.3 is 15.1 Å². The second-order valence-electron chi connectivity index (χ2n) is 2.62. The minimum Gasteiger partial charge on any atom is -0.395 e. The normalized spacial score (nSPS) is 10.2. The smallest absolute Gasteiger partial charge is 0.224 e. The number of hydrogen-bond donors (Lipinski definition) is 2. The van der Waals surface area contributed by atoms with Gasteiger partial charge in [0.05, 0.1) is 13.2 Å². The van der Waals surface area contributed by atoms with Crippen LogP contribution in [0.25, 0.3) is 0 Å². The zero-order valence-corrected chi connectivity index (χ0v) is 8.35. The zero-order valence-electron chi connectivity index (χ0n) is 7.60. The molecule has 5 nitrogen and oxygen atoms in total. The number of nitrogens with zero attached hydrogens (tertiary/aromatic N) is 3. The lowest BCUT2D eigenvalue weighted by Crippen LogP contribution is -2.30. The van der Waals surface area contributed by atoms with E-state index in [9.17, 15) is 0 Å². The van der Waals surface area contributed by atoms with Gasteiger partial charge >= 0.3 is 0 Å². The van der Waals surface area contributed by atoms with E-state index >= 15 is 0 Å². The summed E-state index contributed by atoms with van der Waals surface area (Å²) in [6.45, 7) is 0.824. The molecule has 0 spiro atoms. The molecule has 14 heavy (non-hydrogen) atoms. The first-order chi connectivity index (χ1) is 6.77. The van der Waals surface area contributed by atoms with Crippen molar-refractivity contribution in [1.29, 1.82) is 0 Å². The molecule has 0 fully saturated rings. The summed E-state index contributed by atoms with van der Waals surface area (Å²) in [7, 11) is 0. The number of hydrogen-bond acceptors (Lipinski definition) is 5. The van der Waals surface area contributed by atoms with Gasteiger partial charge in [-0.1, -0.05) is 0 Å². The molecule has 0 aliphatic heterocycles. The molecule has 0 saturated heterocycles. The van der Waals surface area contributed by atoms with Crippen LogP contribution in [0, 0.1) is 0 Å². The van der Waals surface area contributed by atoms with Crippen molar-refractivity contribution < 1.29 is 10.2 Å². The second-order valence-corrected chi connectivity index (χ2v) is 2.96. The van der Waals surface area contributed by atoms with Crippen molar-refractivity contribution in [1.82, 2.24) is 9.97 Å². The van der Waals surface area contributed by atoms with Crippen molar-refractivity contribution in [2.75, 3.05) is 31.2 Å². The Hall–Kier alpha value is -0.910. The minimum atomic E-state index is 0.00161. The summed E-state index contributed by atoms with van der Waals surface area (Å²) in [4.78, 5) is 9.44. The summed E-state index contributed by atoms with van der Waals surface area (Å²) in [6.07, 6.45) is 1.53. The van der Waals surface area contributed by atoms with Gasteiger partial charge in [0.1, 0.15) is 5.82 Å². The van der Waals surface area contributed by atoms with E-state index in [0.717, 1.165) is 0 Å². The molecule has 0 radical (unpaired) electrons. The third-order valence-electron chi connectivity index (χ3n) is 1.68. The maximum absolute atomic E-state index is 8.79. The number of anilines is 1. The Morgan fingerprint density at radius 2 is 1.93 bits per heavy atom. The topological polar surface area (TPSA) is 69.5 Å². The molecule has 2 N–H and O–H groups in total. The highest BCUT2D eigenvalue weighted by molar-refractivity contribution is 6.28. The van der Waals surface area contributed by atoms with Crippen molar-refractivity contribution >= 4 is 17.4 Å². The standard InChI is InChI=1S/C8H12ClN3O2/c9-8-10-2-1-7(11-8)12(3-5-13)4-6-14/h1-2,13-14H,3-6H2. The monoisotopic (exact) mass is 217 g/mol. The Bertz CT molecular complexity index is 279. The Balaban J connectivity index is 2.75. The molecule has 0 aromatic carbocycles. The van der Waals surface area contributed by atoms with Gasteiger partial charge in [-0.25, -0.2) is 9.97 Å². The predicted molar refractivity (Wildman–Crippen MR) is 53.4 cm³/mol. The van der Waals surface area contributed by atoms with E-state index in [0.29, 0.717) is 18.9 Å². The number of aliphatic hydroxyl groups is 2. The molecule has 1 aromatic rings. The molecule has 0 aliphatic carbocycles. The van der Waals surface area contributed by atoms with Crippen LogP contribution >= 0.6 is 11.6 Å². The lowest BCUT2D eigenvalue weighted by Gasteiger charge is -2.21. The van der Waals surface area contributed by atoms with Crippen molar-refractivity contribution in [3.05, 3.63) is 17.5 Å². The first-order valence-electron chi connectivity index (χ1n) is 4.23. The van der Waals surface area contributed by atoms with Crippen LogP contribution < -0.4 is 4.90 Å². The average molecular weight is 218 g/mol. The zero-order chi connectivity index (χ0) is 10.4. The van der Waals surface area contributed by atoms with Gasteiger partial charge in [-0.05, 0) is 17.7 Å². The number of halogens is 1. The van der Waals surface area contributed by atoms with E-state index in [1.54, 1.807) is 11.0 Å². The number of rotatable bonds is 5. The third kappa shape index (κ3) is 3.10. The molecule has 0 unspecified atom stereocenters. The molecule has 1 rings (SSSR count). The average Bonchev–Trinajstić information content (AvgIpc) is 2.17. The molecule has 78 valence electrons. The van der Waals surface area contributed by atoms with Gasteiger partial charge in [-0.3, -0.25) is 0 Å². The highest BCUT2D eigenvalue weighted by Gasteiger charge is 2.06. The predicted octanol–water partition coefficient (Wildman–Crippen LogP) is -0.0790. The van der Waals surface area contributed by atoms with Crippen molar-refractivity contribution in [3.8, 4) is 0 Å². The van der Waals surface area contributed by atoms with E-state index in [1.165, 1.54) is 6.20 Å². The second kappa shape index (κ2) is 5.74. The molecular formula is C8H12ClN3O2. The maximum Gasteiger partial charge on any atom is 0.224 e. The molecule has 0 bridgehead atoms. The Morgan fingerprint density at radius 3 is 2.43 bits per heavy atom. The Morgan fingerprint density at radius 1 is 1.29 bits per heavy atom. The largest absolute Gasteiger partial charge is 0.395 e. The molecule has 0 amide bonds. The summed E-state index contributed by atoms with van der Waals surface area (Å²) in [5, 5.41) is 17.7. The number of aromatic nitrogens is 2. The van der Waals surface area contributed by atoms with Crippen LogP contribution in [0.3, 0.4) is 0 Å². The summed E-state index contributed by atoms with van der Waals surface area (Å²) in [5.41, 5.74) is 0. The minimum absolute atomic E-state index is 0.00161. The fraction of sp³-hybridized carbons (Fsp3) is 0.500. The summed E-state index contributed by atoms with van der Waals surface area (Å²) < 4.78 is 0. The molecule has 0 saturated carbocycles. The summed E-state index contributed by atoms with van der Waals surface area (Å²) in [6, 6.07) is 1.68. The summed E-state index contributed by atoms with van der Waals surface area (Å²) in [5.74, 6) is 0.605. The molecular weight excluding hydrogens is 206 g/mol. The molecule has 6 heteroatoms. The number of aliphatic hydroxyl groups excluding tert-OH is 2. The lowest BCUT2D eigenvalue weighted by molar-refractivity contribution is 0.280. The van der Waals surface area contributed by atoms with Crippen LogP contribution in [0.2, 0.25) is 5.28 Å². The quantitative estimate of drug-likeness (QED) is 0.676. The van der Waals surface area contributed by atoms with Crippen molar-refractivity contribution in [2.24, 2.45) is 0 Å². The van der Waals surface area contributed by atoms with E-state index < -0.39 is 0 Å². The Kier molecular flexibility index (Phi) is 4.58. The van der Waals surface area contributed by atoms with Crippen molar-refractivity contribution in [2.45, 2.75) is 0 Å². The third-order valence-corrected chi connectivity index (χ3v) is 1.86. The fourth-order valence-electron chi connectivity index (χ4n) is 1.08.